The topological polar surface area (TPSA) is 91.3 Å². The van der Waals surface area contributed by atoms with Crippen molar-refractivity contribution in [2.75, 3.05) is 11.9 Å². The Balaban J connectivity index is 1.50. The van der Waals surface area contributed by atoms with Gasteiger partial charge in [0.25, 0.3) is 5.91 Å². The average molecular weight is 413 g/mol. The summed E-state index contributed by atoms with van der Waals surface area (Å²) in [5.74, 6) is -0.0305. The summed E-state index contributed by atoms with van der Waals surface area (Å²) in [5.41, 5.74) is 3.80. The van der Waals surface area contributed by atoms with Crippen LogP contribution in [0.1, 0.15) is 47.2 Å². The molecule has 0 radical (unpaired) electrons. The normalized spacial score (nSPS) is 19.4. The molecule has 1 unspecified atom stereocenters. The molecule has 3 heterocycles. The molecule has 2 aliphatic rings. The largest absolute Gasteiger partial charge is 0.506 e. The van der Waals surface area contributed by atoms with E-state index in [0.29, 0.717) is 28.8 Å². The monoisotopic (exact) mass is 413 g/mol. The first-order valence-corrected chi connectivity index (χ1v) is 10.6. The number of nitrogens with one attached hydrogen (secondary N) is 2. The second-order valence-corrected chi connectivity index (χ2v) is 8.12. The smallest absolute Gasteiger partial charge is 0.256 e. The SMILES string of the molecule is O=C1Nc2ccc(C(=O)CC3CCCCN3)cc2C1=Cc1ccc(O)c2ncccc12. The third kappa shape index (κ3) is 3.70. The number of fused-ring (bicyclic) bond motifs is 2. The van der Waals surface area contributed by atoms with Gasteiger partial charge in [-0.25, -0.2) is 0 Å². The molecule has 1 saturated heterocycles. The summed E-state index contributed by atoms with van der Waals surface area (Å²) in [6, 6.07) is 12.6. The van der Waals surface area contributed by atoms with E-state index in [1.165, 1.54) is 0 Å². The van der Waals surface area contributed by atoms with Crippen molar-refractivity contribution in [1.82, 2.24) is 10.3 Å². The van der Waals surface area contributed by atoms with Gasteiger partial charge < -0.3 is 15.7 Å². The van der Waals surface area contributed by atoms with Gasteiger partial charge in [0.15, 0.2) is 5.78 Å². The highest BCUT2D eigenvalue weighted by atomic mass is 16.3. The molecule has 6 heteroatoms. The van der Waals surface area contributed by atoms with Crippen molar-refractivity contribution in [2.24, 2.45) is 0 Å². The van der Waals surface area contributed by atoms with Crippen molar-refractivity contribution in [3.8, 4) is 5.75 Å². The molecule has 5 rings (SSSR count). The zero-order valence-electron chi connectivity index (χ0n) is 17.0. The number of amides is 1. The van der Waals surface area contributed by atoms with Crippen LogP contribution in [0.3, 0.4) is 0 Å². The molecule has 3 aromatic rings. The van der Waals surface area contributed by atoms with Gasteiger partial charge in [0.2, 0.25) is 0 Å². The van der Waals surface area contributed by atoms with Crippen LogP contribution in [0.15, 0.2) is 48.7 Å². The Hall–Kier alpha value is -3.51. The van der Waals surface area contributed by atoms with E-state index >= 15 is 0 Å². The fraction of sp³-hybridized carbons (Fsp3) is 0.240. The number of pyridine rings is 1. The Morgan fingerprint density at radius 1 is 1.19 bits per heavy atom. The summed E-state index contributed by atoms with van der Waals surface area (Å²) in [6.45, 7) is 0.961. The van der Waals surface area contributed by atoms with E-state index in [0.717, 1.165) is 42.3 Å². The summed E-state index contributed by atoms with van der Waals surface area (Å²) >= 11 is 0. The lowest BCUT2D eigenvalue weighted by atomic mass is 9.94. The Bertz CT molecular complexity index is 1230. The summed E-state index contributed by atoms with van der Waals surface area (Å²) in [7, 11) is 0. The van der Waals surface area contributed by atoms with Crippen molar-refractivity contribution < 1.29 is 14.7 Å². The van der Waals surface area contributed by atoms with Crippen LogP contribution < -0.4 is 10.6 Å². The van der Waals surface area contributed by atoms with Gasteiger partial charge in [-0.1, -0.05) is 18.6 Å². The molecule has 3 N–H and O–H groups in total. The number of hydrogen-bond acceptors (Lipinski definition) is 5. The number of nitrogens with zero attached hydrogens (tertiary/aromatic N) is 1. The third-order valence-corrected chi connectivity index (χ3v) is 6.05. The number of hydrogen-bond donors (Lipinski definition) is 3. The standard InChI is InChI=1S/C25H23N3O3/c29-22-9-7-15(18-5-3-11-27-24(18)22)12-20-19-13-16(6-8-21(19)28-25(20)31)23(30)14-17-4-1-2-10-26-17/h3,5-9,11-13,17,26,29H,1-2,4,10,14H2,(H,28,31). The fourth-order valence-corrected chi connectivity index (χ4v) is 4.41. The maximum Gasteiger partial charge on any atom is 0.256 e. The van der Waals surface area contributed by atoms with Crippen LogP contribution in [0.25, 0.3) is 22.6 Å². The van der Waals surface area contributed by atoms with Crippen LogP contribution in [0, 0.1) is 0 Å². The molecule has 0 spiro atoms. The minimum absolute atomic E-state index is 0.0835. The number of anilines is 1. The molecule has 1 fully saturated rings. The van der Waals surface area contributed by atoms with Gasteiger partial charge in [-0.15, -0.1) is 0 Å². The number of phenols is 1. The van der Waals surface area contributed by atoms with Crippen LogP contribution in [0.4, 0.5) is 5.69 Å². The molecule has 2 aliphatic heterocycles. The minimum atomic E-state index is -0.210. The number of rotatable bonds is 4. The molecule has 1 atom stereocenters. The van der Waals surface area contributed by atoms with E-state index < -0.39 is 0 Å². The molecular weight excluding hydrogens is 390 g/mol. The zero-order valence-corrected chi connectivity index (χ0v) is 17.0. The van der Waals surface area contributed by atoms with E-state index in [1.54, 1.807) is 42.6 Å². The second-order valence-electron chi connectivity index (χ2n) is 8.12. The molecule has 1 aromatic heterocycles. The highest BCUT2D eigenvalue weighted by Gasteiger charge is 2.26. The molecule has 0 bridgehead atoms. The maximum absolute atomic E-state index is 12.9. The number of piperidine rings is 1. The van der Waals surface area contributed by atoms with E-state index in [9.17, 15) is 14.7 Å². The van der Waals surface area contributed by atoms with E-state index in [2.05, 4.69) is 15.6 Å². The van der Waals surface area contributed by atoms with E-state index in [-0.39, 0.29) is 23.5 Å². The van der Waals surface area contributed by atoms with Crippen molar-refractivity contribution in [3.05, 3.63) is 65.4 Å². The number of Topliss-reactive ketones (excluding diaryl/α,β-unsaturated/α-hetero) is 1. The van der Waals surface area contributed by atoms with Gasteiger partial charge in [-0.3, -0.25) is 14.6 Å². The van der Waals surface area contributed by atoms with Crippen molar-refractivity contribution in [1.29, 1.82) is 0 Å². The molecular formula is C25H23N3O3. The number of carbonyl (C=O) groups excluding carboxylic acids is 2. The number of aromatic nitrogens is 1. The Morgan fingerprint density at radius 3 is 2.94 bits per heavy atom. The first-order chi connectivity index (χ1) is 15.1. The Morgan fingerprint density at radius 2 is 2.10 bits per heavy atom. The van der Waals surface area contributed by atoms with Crippen LogP contribution >= 0.6 is 0 Å². The third-order valence-electron chi connectivity index (χ3n) is 6.05. The Labute approximate surface area is 180 Å². The number of carbonyl (C=O) groups is 2. The predicted molar refractivity (Wildman–Crippen MR) is 121 cm³/mol. The summed E-state index contributed by atoms with van der Waals surface area (Å²) in [4.78, 5) is 29.8. The first kappa shape index (κ1) is 19.5. The summed E-state index contributed by atoms with van der Waals surface area (Å²) in [5, 5.41) is 17.1. The van der Waals surface area contributed by atoms with Crippen LogP contribution in [-0.4, -0.2) is 34.4 Å². The quantitative estimate of drug-likeness (QED) is 0.442. The average Bonchev–Trinajstić information content (AvgIpc) is 3.10. The Kier molecular flexibility index (Phi) is 5.00. The number of phenolic OH excluding ortho intramolecular Hbond substituents is 1. The fourth-order valence-electron chi connectivity index (χ4n) is 4.41. The van der Waals surface area contributed by atoms with Crippen LogP contribution in [-0.2, 0) is 4.79 Å². The second kappa shape index (κ2) is 7.96. The maximum atomic E-state index is 12.9. The van der Waals surface area contributed by atoms with E-state index in [1.807, 2.05) is 12.1 Å². The number of benzene rings is 2. The molecule has 2 aromatic carbocycles. The summed E-state index contributed by atoms with van der Waals surface area (Å²) in [6.07, 6.45) is 7.21. The highest BCUT2D eigenvalue weighted by molar-refractivity contribution is 6.35. The number of ketones is 1. The molecule has 0 saturated carbocycles. The van der Waals surface area contributed by atoms with E-state index in [4.69, 9.17) is 0 Å². The molecule has 31 heavy (non-hydrogen) atoms. The van der Waals surface area contributed by atoms with Gasteiger partial charge in [0.05, 0.1) is 0 Å². The van der Waals surface area contributed by atoms with Gasteiger partial charge in [-0.05, 0) is 61.4 Å². The lowest BCUT2D eigenvalue weighted by molar-refractivity contribution is -0.110. The first-order valence-electron chi connectivity index (χ1n) is 10.6. The number of aromatic hydroxyl groups is 1. The van der Waals surface area contributed by atoms with Crippen molar-refractivity contribution in [2.45, 2.75) is 31.7 Å². The molecule has 0 aliphatic carbocycles. The zero-order chi connectivity index (χ0) is 21.4. The van der Waals surface area contributed by atoms with Crippen molar-refractivity contribution >= 4 is 39.9 Å². The van der Waals surface area contributed by atoms with Crippen molar-refractivity contribution in [3.63, 3.8) is 0 Å². The van der Waals surface area contributed by atoms with Gasteiger partial charge in [0, 0.05) is 46.4 Å². The van der Waals surface area contributed by atoms with Crippen LogP contribution in [0.2, 0.25) is 0 Å². The molecule has 6 nitrogen and oxygen atoms in total. The summed E-state index contributed by atoms with van der Waals surface area (Å²) < 4.78 is 0. The predicted octanol–water partition coefficient (Wildman–Crippen LogP) is 4.15. The molecule has 1 amide bonds. The van der Waals surface area contributed by atoms with Gasteiger partial charge in [-0.2, -0.15) is 0 Å². The molecule has 156 valence electrons. The van der Waals surface area contributed by atoms with Crippen LogP contribution in [0.5, 0.6) is 5.75 Å². The lowest BCUT2D eigenvalue weighted by Gasteiger charge is -2.22. The van der Waals surface area contributed by atoms with Gasteiger partial charge >= 0.3 is 0 Å². The lowest BCUT2D eigenvalue weighted by Crippen LogP contribution is -2.35. The van der Waals surface area contributed by atoms with Gasteiger partial charge in [0.1, 0.15) is 11.3 Å². The highest BCUT2D eigenvalue weighted by Crippen LogP contribution is 2.36. The minimum Gasteiger partial charge on any atom is -0.506 e.